The second kappa shape index (κ2) is 7.57. The number of nitrogens with zero attached hydrogens (tertiary/aromatic N) is 1. The Balaban J connectivity index is 1.68. The Labute approximate surface area is 141 Å². The van der Waals surface area contributed by atoms with E-state index >= 15 is 0 Å². The van der Waals surface area contributed by atoms with Crippen molar-refractivity contribution < 1.29 is 13.6 Å². The highest BCUT2D eigenvalue weighted by Crippen LogP contribution is 2.27. The molecule has 1 aromatic rings. The third kappa shape index (κ3) is 3.92. The van der Waals surface area contributed by atoms with Crippen molar-refractivity contribution in [3.63, 3.8) is 0 Å². The molecular weight excluding hydrogens is 312 g/mol. The fraction of sp³-hybridized carbons (Fsp3) is 0.611. The van der Waals surface area contributed by atoms with Gasteiger partial charge in [0.2, 0.25) is 5.91 Å². The van der Waals surface area contributed by atoms with Gasteiger partial charge in [0.15, 0.2) is 11.6 Å². The summed E-state index contributed by atoms with van der Waals surface area (Å²) in [6.07, 6.45) is 2.54. The third-order valence-corrected chi connectivity index (χ3v) is 5.27. The van der Waals surface area contributed by atoms with Crippen LogP contribution in [0.2, 0.25) is 0 Å². The van der Waals surface area contributed by atoms with Gasteiger partial charge in [0, 0.05) is 24.4 Å². The Bertz CT molecular complexity index is 588. The van der Waals surface area contributed by atoms with Crippen molar-refractivity contribution >= 4 is 5.91 Å². The maximum Gasteiger partial charge on any atom is 0.223 e. The number of carbonyl (C=O) groups is 1. The summed E-state index contributed by atoms with van der Waals surface area (Å²) in [6, 6.07) is 3.97. The molecule has 3 rings (SSSR count). The molecule has 0 saturated carbocycles. The van der Waals surface area contributed by atoms with Crippen LogP contribution in [0.4, 0.5) is 8.78 Å². The summed E-state index contributed by atoms with van der Waals surface area (Å²) in [5.41, 5.74) is 0.754. The molecule has 2 unspecified atom stereocenters. The summed E-state index contributed by atoms with van der Waals surface area (Å²) in [4.78, 5) is 14.8. The molecule has 2 atom stereocenters. The summed E-state index contributed by atoms with van der Waals surface area (Å²) in [5.74, 6) is -1.51. The lowest BCUT2D eigenvalue weighted by Gasteiger charge is -2.35. The lowest BCUT2D eigenvalue weighted by molar-refractivity contribution is -0.127. The van der Waals surface area contributed by atoms with Crippen molar-refractivity contribution in [2.24, 2.45) is 5.92 Å². The van der Waals surface area contributed by atoms with Crippen LogP contribution < -0.4 is 10.6 Å². The van der Waals surface area contributed by atoms with E-state index in [0.29, 0.717) is 6.54 Å². The van der Waals surface area contributed by atoms with Gasteiger partial charge in [0.1, 0.15) is 0 Å². The van der Waals surface area contributed by atoms with E-state index in [2.05, 4.69) is 22.6 Å². The van der Waals surface area contributed by atoms with Crippen LogP contribution in [-0.4, -0.2) is 50.1 Å². The molecular formula is C18H25F2N3O. The fourth-order valence-corrected chi connectivity index (χ4v) is 3.72. The topological polar surface area (TPSA) is 44.4 Å². The van der Waals surface area contributed by atoms with Crippen molar-refractivity contribution in [1.29, 1.82) is 0 Å². The second-order valence-corrected chi connectivity index (χ2v) is 6.97. The van der Waals surface area contributed by atoms with Crippen molar-refractivity contribution in [3.05, 3.63) is 35.4 Å². The van der Waals surface area contributed by atoms with Gasteiger partial charge in [-0.15, -0.1) is 0 Å². The van der Waals surface area contributed by atoms with Gasteiger partial charge in [-0.25, -0.2) is 8.78 Å². The summed E-state index contributed by atoms with van der Waals surface area (Å²) in [5, 5.41) is 6.44. The molecule has 6 heteroatoms. The number of halogens is 2. The van der Waals surface area contributed by atoms with Gasteiger partial charge in [0.05, 0.1) is 0 Å². The Hall–Kier alpha value is -1.53. The summed E-state index contributed by atoms with van der Waals surface area (Å²) >= 11 is 0. The van der Waals surface area contributed by atoms with Gasteiger partial charge in [0.25, 0.3) is 0 Å². The van der Waals surface area contributed by atoms with Gasteiger partial charge in [-0.3, -0.25) is 4.79 Å². The Kier molecular flexibility index (Phi) is 5.46. The van der Waals surface area contributed by atoms with E-state index in [9.17, 15) is 13.6 Å². The largest absolute Gasteiger partial charge is 0.351 e. The number of likely N-dealkylation sites (tertiary alicyclic amines) is 1. The lowest BCUT2D eigenvalue weighted by atomic mass is 9.85. The SMILES string of the molecule is CN1CCC(C(=O)NC2CNCCC2c2ccc(F)c(F)c2)CC1. The van der Waals surface area contributed by atoms with E-state index in [1.807, 2.05) is 0 Å². The molecule has 2 aliphatic rings. The predicted octanol–water partition coefficient (Wildman–Crippen LogP) is 1.87. The molecule has 1 aromatic carbocycles. The van der Waals surface area contributed by atoms with Crippen LogP contribution in [0.25, 0.3) is 0 Å². The maximum absolute atomic E-state index is 13.6. The number of piperidine rings is 2. The maximum atomic E-state index is 13.6. The minimum absolute atomic E-state index is 0.0107. The van der Waals surface area contributed by atoms with Crippen molar-refractivity contribution in [3.8, 4) is 0 Å². The van der Waals surface area contributed by atoms with Gasteiger partial charge < -0.3 is 15.5 Å². The minimum atomic E-state index is -0.834. The molecule has 1 amide bonds. The number of hydrogen-bond donors (Lipinski definition) is 2. The molecule has 0 aliphatic carbocycles. The van der Waals surface area contributed by atoms with E-state index in [1.54, 1.807) is 6.07 Å². The van der Waals surface area contributed by atoms with E-state index < -0.39 is 11.6 Å². The van der Waals surface area contributed by atoms with E-state index in [1.165, 1.54) is 12.1 Å². The number of carbonyl (C=O) groups excluding carboxylic acids is 1. The molecule has 2 heterocycles. The van der Waals surface area contributed by atoms with Crippen molar-refractivity contribution in [1.82, 2.24) is 15.5 Å². The first-order valence-corrected chi connectivity index (χ1v) is 8.69. The highest BCUT2D eigenvalue weighted by Gasteiger charge is 2.31. The summed E-state index contributed by atoms with van der Waals surface area (Å²) in [6.45, 7) is 3.34. The van der Waals surface area contributed by atoms with Gasteiger partial charge in [-0.1, -0.05) is 6.07 Å². The van der Waals surface area contributed by atoms with Crippen LogP contribution in [0.5, 0.6) is 0 Å². The van der Waals surface area contributed by atoms with Crippen molar-refractivity contribution in [2.75, 3.05) is 33.2 Å². The first-order chi connectivity index (χ1) is 11.5. The van der Waals surface area contributed by atoms with E-state index in [0.717, 1.165) is 44.5 Å². The Morgan fingerprint density at radius 2 is 1.96 bits per heavy atom. The number of rotatable bonds is 3. The molecule has 132 valence electrons. The van der Waals surface area contributed by atoms with Crippen LogP contribution >= 0.6 is 0 Å². The van der Waals surface area contributed by atoms with Crippen LogP contribution in [0.1, 0.15) is 30.7 Å². The van der Waals surface area contributed by atoms with Gasteiger partial charge in [-0.05, 0) is 63.6 Å². The minimum Gasteiger partial charge on any atom is -0.351 e. The molecule has 2 fully saturated rings. The highest BCUT2D eigenvalue weighted by molar-refractivity contribution is 5.79. The molecule has 0 aromatic heterocycles. The zero-order valence-electron chi connectivity index (χ0n) is 14.0. The standard InChI is InChI=1S/C18H25F2N3O/c1-23-8-5-12(6-9-23)18(24)22-17-11-21-7-4-14(17)13-2-3-15(19)16(20)10-13/h2-3,10,12,14,17,21H,4-9,11H2,1H3,(H,22,24). The molecule has 2 N–H and O–H groups in total. The first kappa shape index (κ1) is 17.3. The average molecular weight is 337 g/mol. The molecule has 2 aliphatic heterocycles. The number of benzene rings is 1. The zero-order valence-corrected chi connectivity index (χ0v) is 14.0. The van der Waals surface area contributed by atoms with Crippen LogP contribution in [0.15, 0.2) is 18.2 Å². The monoisotopic (exact) mass is 337 g/mol. The molecule has 24 heavy (non-hydrogen) atoms. The predicted molar refractivity (Wildman–Crippen MR) is 88.7 cm³/mol. The fourth-order valence-electron chi connectivity index (χ4n) is 3.72. The first-order valence-electron chi connectivity index (χ1n) is 8.69. The summed E-state index contributed by atoms with van der Waals surface area (Å²) in [7, 11) is 2.07. The summed E-state index contributed by atoms with van der Waals surface area (Å²) < 4.78 is 26.8. The number of amides is 1. The molecule has 2 saturated heterocycles. The van der Waals surface area contributed by atoms with E-state index in [-0.39, 0.29) is 23.8 Å². The van der Waals surface area contributed by atoms with Crippen molar-refractivity contribution in [2.45, 2.75) is 31.2 Å². The normalized spacial score (nSPS) is 26.3. The average Bonchev–Trinajstić information content (AvgIpc) is 2.58. The molecule has 0 spiro atoms. The third-order valence-electron chi connectivity index (χ3n) is 5.27. The second-order valence-electron chi connectivity index (χ2n) is 6.97. The van der Waals surface area contributed by atoms with Crippen LogP contribution in [0, 0.1) is 17.6 Å². The lowest BCUT2D eigenvalue weighted by Crippen LogP contribution is -2.52. The van der Waals surface area contributed by atoms with Crippen LogP contribution in [-0.2, 0) is 4.79 Å². The molecule has 0 radical (unpaired) electrons. The Morgan fingerprint density at radius 1 is 1.21 bits per heavy atom. The van der Waals surface area contributed by atoms with Gasteiger partial charge in [-0.2, -0.15) is 0 Å². The molecule has 4 nitrogen and oxygen atoms in total. The van der Waals surface area contributed by atoms with Gasteiger partial charge >= 0.3 is 0 Å². The quantitative estimate of drug-likeness (QED) is 0.885. The molecule has 0 bridgehead atoms. The smallest absolute Gasteiger partial charge is 0.223 e. The number of hydrogen-bond acceptors (Lipinski definition) is 3. The highest BCUT2D eigenvalue weighted by atomic mass is 19.2. The Morgan fingerprint density at radius 3 is 2.67 bits per heavy atom. The zero-order chi connectivity index (χ0) is 17.1. The number of nitrogens with one attached hydrogen (secondary N) is 2. The van der Waals surface area contributed by atoms with E-state index in [4.69, 9.17) is 0 Å². The van der Waals surface area contributed by atoms with Crippen LogP contribution in [0.3, 0.4) is 0 Å².